The van der Waals surface area contributed by atoms with Gasteiger partial charge < -0.3 is 5.32 Å². The molecule has 2 aromatic carbocycles. The third kappa shape index (κ3) is 3.23. The van der Waals surface area contributed by atoms with Gasteiger partial charge in [-0.05, 0) is 17.7 Å². The molecule has 20 heavy (non-hydrogen) atoms. The highest BCUT2D eigenvalue weighted by Gasteiger charge is 2.22. The lowest BCUT2D eigenvalue weighted by atomic mass is 10.1. The average Bonchev–Trinajstić information content (AvgIpc) is 2.53. The standard InChI is InChI=1S/C16H15N2O2/c1-17-16(20)18(12-13-8-4-2-5-9-13)15(19)14-10-6-3-7-11-14/h2-12H,1H3,(H,17,20). The van der Waals surface area contributed by atoms with Crippen molar-refractivity contribution in [1.29, 1.82) is 0 Å². The van der Waals surface area contributed by atoms with Gasteiger partial charge in [0.15, 0.2) is 0 Å². The van der Waals surface area contributed by atoms with E-state index in [1.807, 2.05) is 36.4 Å². The highest BCUT2D eigenvalue weighted by molar-refractivity contribution is 6.05. The van der Waals surface area contributed by atoms with Crippen molar-refractivity contribution in [3.63, 3.8) is 0 Å². The highest BCUT2D eigenvalue weighted by atomic mass is 16.2. The summed E-state index contributed by atoms with van der Waals surface area (Å²) in [4.78, 5) is 25.4. The van der Waals surface area contributed by atoms with E-state index in [1.165, 1.54) is 13.6 Å². The van der Waals surface area contributed by atoms with Gasteiger partial charge in [0, 0.05) is 12.6 Å². The molecular formula is C16H15N2O2. The summed E-state index contributed by atoms with van der Waals surface area (Å²) in [5, 5.41) is 2.47. The molecule has 0 unspecified atom stereocenters. The van der Waals surface area contributed by atoms with Gasteiger partial charge in [-0.15, -0.1) is 0 Å². The number of imide groups is 1. The van der Waals surface area contributed by atoms with Crippen LogP contribution in [0.1, 0.15) is 15.9 Å². The van der Waals surface area contributed by atoms with E-state index < -0.39 is 6.03 Å². The fourth-order valence-corrected chi connectivity index (χ4v) is 1.74. The Morgan fingerprint density at radius 3 is 2.05 bits per heavy atom. The Labute approximate surface area is 118 Å². The van der Waals surface area contributed by atoms with Crippen LogP contribution >= 0.6 is 0 Å². The zero-order valence-electron chi connectivity index (χ0n) is 11.1. The fourth-order valence-electron chi connectivity index (χ4n) is 1.74. The van der Waals surface area contributed by atoms with Crippen LogP contribution in [0.3, 0.4) is 0 Å². The van der Waals surface area contributed by atoms with Crippen molar-refractivity contribution in [2.45, 2.75) is 0 Å². The van der Waals surface area contributed by atoms with Gasteiger partial charge in [0.05, 0.1) is 6.54 Å². The van der Waals surface area contributed by atoms with Crippen LogP contribution in [0.25, 0.3) is 0 Å². The Morgan fingerprint density at radius 2 is 1.50 bits per heavy atom. The number of amides is 3. The number of carbonyl (C=O) groups is 2. The third-order valence-corrected chi connectivity index (χ3v) is 2.75. The maximum absolute atomic E-state index is 12.4. The smallest absolute Gasteiger partial charge is 0.324 e. The van der Waals surface area contributed by atoms with Gasteiger partial charge in [0.2, 0.25) is 0 Å². The largest absolute Gasteiger partial charge is 0.341 e. The Hall–Kier alpha value is -2.62. The van der Waals surface area contributed by atoms with Crippen molar-refractivity contribution in [2.75, 3.05) is 7.05 Å². The van der Waals surface area contributed by atoms with Crippen LogP contribution in [-0.2, 0) is 0 Å². The van der Waals surface area contributed by atoms with Gasteiger partial charge >= 0.3 is 6.03 Å². The summed E-state index contributed by atoms with van der Waals surface area (Å²) in [5.74, 6) is -0.367. The molecule has 1 N–H and O–H groups in total. The maximum atomic E-state index is 12.4. The zero-order chi connectivity index (χ0) is 14.4. The predicted octanol–water partition coefficient (Wildman–Crippen LogP) is 2.68. The molecule has 0 aromatic heterocycles. The van der Waals surface area contributed by atoms with Crippen LogP contribution < -0.4 is 5.32 Å². The molecule has 0 aliphatic heterocycles. The maximum Gasteiger partial charge on any atom is 0.324 e. The molecule has 3 amide bonds. The van der Waals surface area contributed by atoms with Gasteiger partial charge in [-0.2, -0.15) is 0 Å². The number of nitrogens with zero attached hydrogens (tertiary/aromatic N) is 1. The summed E-state index contributed by atoms with van der Waals surface area (Å²) in [6, 6.07) is 17.5. The minimum absolute atomic E-state index is 0.367. The number of nitrogens with one attached hydrogen (secondary N) is 1. The number of hydrogen-bond acceptors (Lipinski definition) is 2. The minimum Gasteiger partial charge on any atom is -0.341 e. The highest BCUT2D eigenvalue weighted by Crippen LogP contribution is 2.12. The summed E-state index contributed by atoms with van der Waals surface area (Å²) in [6.45, 7) is 1.52. The lowest BCUT2D eigenvalue weighted by molar-refractivity contribution is 0.0839. The molecule has 0 saturated heterocycles. The van der Waals surface area contributed by atoms with Crippen molar-refractivity contribution in [2.24, 2.45) is 0 Å². The van der Waals surface area contributed by atoms with Crippen LogP contribution in [0.15, 0.2) is 60.7 Å². The first-order valence-electron chi connectivity index (χ1n) is 6.22. The van der Waals surface area contributed by atoms with Crippen LogP contribution in [0.4, 0.5) is 4.79 Å². The molecule has 2 aromatic rings. The van der Waals surface area contributed by atoms with Crippen LogP contribution in [0.5, 0.6) is 0 Å². The van der Waals surface area contributed by atoms with Crippen LogP contribution in [0.2, 0.25) is 0 Å². The summed E-state index contributed by atoms with van der Waals surface area (Å²) in [7, 11) is 1.49. The van der Waals surface area contributed by atoms with Crippen molar-refractivity contribution in [3.8, 4) is 0 Å². The lowest BCUT2D eigenvalue weighted by Crippen LogP contribution is -2.40. The normalized spacial score (nSPS) is 9.85. The molecule has 0 atom stereocenters. The van der Waals surface area contributed by atoms with E-state index in [1.54, 1.807) is 24.3 Å². The molecule has 101 valence electrons. The average molecular weight is 267 g/mol. The second-order valence-electron chi connectivity index (χ2n) is 4.14. The second-order valence-corrected chi connectivity index (χ2v) is 4.14. The Kier molecular flexibility index (Phi) is 4.50. The first-order chi connectivity index (χ1) is 9.72. The van der Waals surface area contributed by atoms with Crippen LogP contribution in [0, 0.1) is 6.54 Å². The van der Waals surface area contributed by atoms with Gasteiger partial charge in [0.1, 0.15) is 0 Å². The van der Waals surface area contributed by atoms with E-state index in [0.29, 0.717) is 5.56 Å². The fraction of sp³-hybridized carbons (Fsp3) is 0.0625. The van der Waals surface area contributed by atoms with Crippen molar-refractivity contribution < 1.29 is 9.59 Å². The monoisotopic (exact) mass is 267 g/mol. The Morgan fingerprint density at radius 1 is 0.950 bits per heavy atom. The number of benzene rings is 2. The number of carbonyl (C=O) groups excluding carboxylic acids is 2. The van der Waals surface area contributed by atoms with Gasteiger partial charge in [-0.3, -0.25) is 9.69 Å². The van der Waals surface area contributed by atoms with E-state index in [2.05, 4.69) is 5.32 Å². The van der Waals surface area contributed by atoms with Crippen molar-refractivity contribution in [1.82, 2.24) is 10.2 Å². The van der Waals surface area contributed by atoms with Crippen molar-refractivity contribution >= 4 is 11.9 Å². The molecule has 0 bridgehead atoms. The molecule has 0 saturated carbocycles. The van der Waals surface area contributed by atoms with Gasteiger partial charge in [0.25, 0.3) is 5.91 Å². The quantitative estimate of drug-likeness (QED) is 0.929. The molecule has 4 heteroatoms. The number of urea groups is 1. The second kappa shape index (κ2) is 6.52. The van der Waals surface area contributed by atoms with Crippen molar-refractivity contribution in [3.05, 3.63) is 78.3 Å². The molecule has 0 heterocycles. The zero-order valence-corrected chi connectivity index (χ0v) is 11.1. The van der Waals surface area contributed by atoms with E-state index in [9.17, 15) is 9.59 Å². The van der Waals surface area contributed by atoms with E-state index >= 15 is 0 Å². The molecule has 0 aliphatic rings. The summed E-state index contributed by atoms with van der Waals surface area (Å²) in [5.41, 5.74) is 1.24. The minimum atomic E-state index is -0.470. The summed E-state index contributed by atoms with van der Waals surface area (Å²) >= 11 is 0. The third-order valence-electron chi connectivity index (χ3n) is 2.75. The first kappa shape index (κ1) is 13.8. The predicted molar refractivity (Wildman–Crippen MR) is 76.9 cm³/mol. The summed E-state index contributed by atoms with van der Waals surface area (Å²) in [6.07, 6.45) is 0. The molecule has 2 rings (SSSR count). The summed E-state index contributed by atoms with van der Waals surface area (Å²) < 4.78 is 0. The topological polar surface area (TPSA) is 49.4 Å². The molecular weight excluding hydrogens is 252 g/mol. The SMILES string of the molecule is CNC(=O)N([CH]c1ccccc1)C(=O)c1ccccc1. The first-order valence-corrected chi connectivity index (χ1v) is 6.22. The molecule has 4 nitrogen and oxygen atoms in total. The molecule has 0 aliphatic carbocycles. The van der Waals surface area contributed by atoms with E-state index in [-0.39, 0.29) is 5.91 Å². The lowest BCUT2D eigenvalue weighted by Gasteiger charge is -2.19. The van der Waals surface area contributed by atoms with E-state index in [4.69, 9.17) is 0 Å². The molecule has 1 radical (unpaired) electrons. The number of rotatable bonds is 3. The van der Waals surface area contributed by atoms with Gasteiger partial charge in [-0.1, -0.05) is 48.5 Å². The Balaban J connectivity index is 2.24. The van der Waals surface area contributed by atoms with Crippen LogP contribution in [-0.4, -0.2) is 23.9 Å². The van der Waals surface area contributed by atoms with Gasteiger partial charge in [-0.25, -0.2) is 4.79 Å². The molecule has 0 fully saturated rings. The number of hydrogen-bond donors (Lipinski definition) is 1. The molecule has 0 spiro atoms. The Bertz CT molecular complexity index is 582. The van der Waals surface area contributed by atoms with E-state index in [0.717, 1.165) is 10.5 Å².